The van der Waals surface area contributed by atoms with E-state index in [-0.39, 0.29) is 5.91 Å². The minimum absolute atomic E-state index is 0.00737. The third-order valence-corrected chi connectivity index (χ3v) is 3.44. The van der Waals surface area contributed by atoms with E-state index >= 15 is 0 Å². The molecule has 0 radical (unpaired) electrons. The molecule has 0 unspecified atom stereocenters. The van der Waals surface area contributed by atoms with E-state index in [0.29, 0.717) is 0 Å². The Balaban J connectivity index is 2.09. The van der Waals surface area contributed by atoms with E-state index in [1.54, 1.807) is 0 Å². The highest BCUT2D eigenvalue weighted by Crippen LogP contribution is 2.23. The Morgan fingerprint density at radius 2 is 1.86 bits per heavy atom. The van der Waals surface area contributed by atoms with Gasteiger partial charge in [-0.15, -0.1) is 0 Å². The van der Waals surface area contributed by atoms with Crippen LogP contribution in [-0.2, 0) is 17.6 Å². The predicted octanol–water partition coefficient (Wildman–Crippen LogP) is 3.49. The summed E-state index contributed by atoms with van der Waals surface area (Å²) in [4.78, 5) is 12.2. The molecule has 21 heavy (non-hydrogen) atoms. The Morgan fingerprint density at radius 3 is 2.48 bits per heavy atom. The Morgan fingerprint density at radius 1 is 1.19 bits per heavy atom. The Kier molecular flexibility index (Phi) is 4.46. The quantitative estimate of drug-likeness (QED) is 0.903. The van der Waals surface area contributed by atoms with Gasteiger partial charge in [0.25, 0.3) is 0 Å². The minimum Gasteiger partial charge on any atom is -0.323 e. The van der Waals surface area contributed by atoms with Crippen LogP contribution in [0.3, 0.4) is 0 Å². The number of aromatic nitrogens is 2. The number of carbonyl (C=O) groups excluding carboxylic acids is 1. The van der Waals surface area contributed by atoms with Crippen molar-refractivity contribution in [2.75, 3.05) is 5.32 Å². The summed E-state index contributed by atoms with van der Waals surface area (Å²) in [5.41, 5.74) is 3.49. The Bertz CT molecular complexity index is 609. The van der Waals surface area contributed by atoms with Crippen LogP contribution in [0.4, 0.5) is 5.69 Å². The van der Waals surface area contributed by atoms with Gasteiger partial charge < -0.3 is 5.32 Å². The Hall–Kier alpha value is -2.10. The van der Waals surface area contributed by atoms with Gasteiger partial charge in [0.2, 0.25) is 5.91 Å². The SMILES string of the molecule is Cc1[nH]nc(CCc2ccccc2)c1NC(=O)C(C)(C)C. The van der Waals surface area contributed by atoms with E-state index in [9.17, 15) is 4.79 Å². The molecule has 0 saturated carbocycles. The maximum absolute atomic E-state index is 12.2. The van der Waals surface area contributed by atoms with Crippen LogP contribution in [0, 0.1) is 12.3 Å². The summed E-state index contributed by atoms with van der Waals surface area (Å²) in [5, 5.41) is 10.3. The van der Waals surface area contributed by atoms with Gasteiger partial charge in [-0.3, -0.25) is 9.89 Å². The van der Waals surface area contributed by atoms with E-state index in [0.717, 1.165) is 29.9 Å². The zero-order valence-electron chi connectivity index (χ0n) is 13.2. The van der Waals surface area contributed by atoms with Crippen molar-refractivity contribution in [3.05, 3.63) is 47.3 Å². The molecule has 2 N–H and O–H groups in total. The van der Waals surface area contributed by atoms with Crippen molar-refractivity contribution in [1.29, 1.82) is 0 Å². The zero-order valence-corrected chi connectivity index (χ0v) is 13.2. The summed E-state index contributed by atoms with van der Waals surface area (Å²) in [6.45, 7) is 7.64. The lowest BCUT2D eigenvalue weighted by Crippen LogP contribution is -2.28. The number of amides is 1. The number of nitrogens with zero attached hydrogens (tertiary/aromatic N) is 1. The fraction of sp³-hybridized carbons (Fsp3) is 0.412. The van der Waals surface area contributed by atoms with Crippen LogP contribution in [0.15, 0.2) is 30.3 Å². The summed E-state index contributed by atoms with van der Waals surface area (Å²) in [7, 11) is 0. The van der Waals surface area contributed by atoms with Gasteiger partial charge in [-0.1, -0.05) is 51.1 Å². The molecule has 112 valence electrons. The van der Waals surface area contributed by atoms with E-state index in [1.807, 2.05) is 45.9 Å². The van der Waals surface area contributed by atoms with Crippen LogP contribution in [-0.4, -0.2) is 16.1 Å². The van der Waals surface area contributed by atoms with Crippen LogP contribution in [0.25, 0.3) is 0 Å². The highest BCUT2D eigenvalue weighted by molar-refractivity contribution is 5.95. The summed E-state index contributed by atoms with van der Waals surface area (Å²) in [6, 6.07) is 10.3. The fourth-order valence-electron chi connectivity index (χ4n) is 2.03. The maximum Gasteiger partial charge on any atom is 0.229 e. The number of anilines is 1. The number of rotatable bonds is 4. The lowest BCUT2D eigenvalue weighted by Gasteiger charge is -2.18. The summed E-state index contributed by atoms with van der Waals surface area (Å²) < 4.78 is 0. The normalized spacial score (nSPS) is 11.4. The van der Waals surface area contributed by atoms with Gasteiger partial charge in [0, 0.05) is 5.41 Å². The molecular formula is C17H23N3O. The first-order chi connectivity index (χ1) is 9.88. The first kappa shape index (κ1) is 15.3. The molecule has 2 rings (SSSR count). The van der Waals surface area contributed by atoms with Crippen molar-refractivity contribution in [3.8, 4) is 0 Å². The summed E-state index contributed by atoms with van der Waals surface area (Å²) in [6.07, 6.45) is 1.71. The molecule has 1 amide bonds. The second-order valence-corrected chi connectivity index (χ2v) is 6.36. The van der Waals surface area contributed by atoms with Crippen LogP contribution in [0.1, 0.15) is 37.7 Å². The first-order valence-corrected chi connectivity index (χ1v) is 7.27. The van der Waals surface area contributed by atoms with Gasteiger partial charge in [0.1, 0.15) is 0 Å². The second kappa shape index (κ2) is 6.12. The van der Waals surface area contributed by atoms with Crippen molar-refractivity contribution in [3.63, 3.8) is 0 Å². The molecule has 1 aromatic carbocycles. The lowest BCUT2D eigenvalue weighted by atomic mass is 9.95. The molecule has 4 nitrogen and oxygen atoms in total. The van der Waals surface area contributed by atoms with Crippen LogP contribution in [0.2, 0.25) is 0 Å². The molecular weight excluding hydrogens is 262 g/mol. The molecule has 4 heteroatoms. The topological polar surface area (TPSA) is 57.8 Å². The van der Waals surface area contributed by atoms with E-state index in [4.69, 9.17) is 0 Å². The second-order valence-electron chi connectivity index (χ2n) is 6.36. The Labute approximate surface area is 126 Å². The third kappa shape index (κ3) is 3.94. The minimum atomic E-state index is -0.416. The molecule has 0 aliphatic heterocycles. The van der Waals surface area contributed by atoms with Crippen molar-refractivity contribution in [2.24, 2.45) is 5.41 Å². The standard InChI is InChI=1S/C17H23N3O/c1-12-15(18-16(21)17(2,3)4)14(20-19-12)11-10-13-8-6-5-7-9-13/h5-9H,10-11H2,1-4H3,(H,18,21)(H,19,20). The third-order valence-electron chi connectivity index (χ3n) is 3.44. The highest BCUT2D eigenvalue weighted by Gasteiger charge is 2.23. The number of hydrogen-bond donors (Lipinski definition) is 2. The van der Waals surface area contributed by atoms with Gasteiger partial charge in [-0.25, -0.2) is 0 Å². The van der Waals surface area contributed by atoms with E-state index in [2.05, 4.69) is 27.6 Å². The average molecular weight is 285 g/mol. The number of H-pyrrole nitrogens is 1. The van der Waals surface area contributed by atoms with Gasteiger partial charge in [0.15, 0.2) is 0 Å². The monoisotopic (exact) mass is 285 g/mol. The number of carbonyl (C=O) groups is 1. The van der Waals surface area contributed by atoms with Crippen molar-refractivity contribution >= 4 is 11.6 Å². The fourth-order valence-corrected chi connectivity index (χ4v) is 2.03. The van der Waals surface area contributed by atoms with Crippen LogP contribution < -0.4 is 5.32 Å². The number of nitrogens with one attached hydrogen (secondary N) is 2. The first-order valence-electron chi connectivity index (χ1n) is 7.27. The van der Waals surface area contributed by atoms with E-state index in [1.165, 1.54) is 5.56 Å². The largest absolute Gasteiger partial charge is 0.323 e. The summed E-state index contributed by atoms with van der Waals surface area (Å²) >= 11 is 0. The van der Waals surface area contributed by atoms with E-state index < -0.39 is 5.41 Å². The molecule has 0 fully saturated rings. The van der Waals surface area contributed by atoms with Crippen LogP contribution in [0.5, 0.6) is 0 Å². The van der Waals surface area contributed by atoms with Crippen molar-refractivity contribution in [1.82, 2.24) is 10.2 Å². The predicted molar refractivity (Wildman–Crippen MR) is 85.3 cm³/mol. The average Bonchev–Trinajstić information content (AvgIpc) is 2.78. The highest BCUT2D eigenvalue weighted by atomic mass is 16.2. The number of hydrogen-bond acceptors (Lipinski definition) is 2. The van der Waals surface area contributed by atoms with Gasteiger partial charge in [0.05, 0.1) is 17.1 Å². The molecule has 0 aliphatic carbocycles. The number of aromatic amines is 1. The smallest absolute Gasteiger partial charge is 0.229 e. The van der Waals surface area contributed by atoms with Gasteiger partial charge >= 0.3 is 0 Å². The number of aryl methyl sites for hydroxylation is 3. The summed E-state index contributed by atoms with van der Waals surface area (Å²) in [5.74, 6) is 0.00737. The zero-order chi connectivity index (χ0) is 15.5. The molecule has 0 saturated heterocycles. The lowest BCUT2D eigenvalue weighted by molar-refractivity contribution is -0.123. The molecule has 1 aromatic heterocycles. The molecule has 0 spiro atoms. The van der Waals surface area contributed by atoms with Gasteiger partial charge in [-0.2, -0.15) is 5.10 Å². The maximum atomic E-state index is 12.2. The van der Waals surface area contributed by atoms with Crippen molar-refractivity contribution in [2.45, 2.75) is 40.5 Å². The molecule has 0 atom stereocenters. The molecule has 1 heterocycles. The number of benzene rings is 1. The molecule has 2 aromatic rings. The molecule has 0 bridgehead atoms. The van der Waals surface area contributed by atoms with Crippen LogP contribution >= 0.6 is 0 Å². The van der Waals surface area contributed by atoms with Crippen molar-refractivity contribution < 1.29 is 4.79 Å². The van der Waals surface area contributed by atoms with Gasteiger partial charge in [-0.05, 0) is 25.3 Å². The molecule has 0 aliphatic rings.